The highest BCUT2D eigenvalue weighted by Gasteiger charge is 2.14. The van der Waals surface area contributed by atoms with E-state index >= 15 is 0 Å². The van der Waals surface area contributed by atoms with Crippen molar-refractivity contribution in [2.24, 2.45) is 0 Å². The largest absolute Gasteiger partial charge is 0.482 e. The number of halogens is 1. The molecule has 8 nitrogen and oxygen atoms in total. The Morgan fingerprint density at radius 2 is 2.00 bits per heavy atom. The molecule has 2 aromatic carbocycles. The Labute approximate surface area is 198 Å². The number of benzene rings is 2. The van der Waals surface area contributed by atoms with Gasteiger partial charge in [0, 0.05) is 16.8 Å². The van der Waals surface area contributed by atoms with E-state index in [1.807, 2.05) is 36.6 Å². The monoisotopic (exact) mass is 484 g/mol. The molecule has 0 saturated carbocycles. The molecule has 1 amide bonds. The Bertz CT molecular complexity index is 1260. The summed E-state index contributed by atoms with van der Waals surface area (Å²) >= 11 is 2.79. The molecule has 0 unspecified atom stereocenters. The molecule has 2 aromatic heterocycles. The van der Waals surface area contributed by atoms with Gasteiger partial charge in [-0.2, -0.15) is 0 Å². The predicted octanol–water partition coefficient (Wildman–Crippen LogP) is 3.95. The fraction of sp³-hybridized carbons (Fsp3) is 0.182. The van der Waals surface area contributed by atoms with E-state index in [2.05, 4.69) is 20.5 Å². The van der Waals surface area contributed by atoms with Gasteiger partial charge >= 0.3 is 0 Å². The van der Waals surface area contributed by atoms with Gasteiger partial charge in [-0.15, -0.1) is 21.5 Å². The number of rotatable bonds is 9. The Balaban J connectivity index is 1.29. The number of nitrogens with one attached hydrogen (secondary N) is 1. The first-order valence-corrected chi connectivity index (χ1v) is 11.8. The lowest BCUT2D eigenvalue weighted by Crippen LogP contribution is -2.16. The van der Waals surface area contributed by atoms with Crippen LogP contribution < -0.4 is 15.9 Å². The highest BCUT2D eigenvalue weighted by Crippen LogP contribution is 2.23. The summed E-state index contributed by atoms with van der Waals surface area (Å²) in [5, 5.41) is 14.1. The number of ether oxygens (including phenoxy) is 1. The zero-order chi connectivity index (χ0) is 23.2. The van der Waals surface area contributed by atoms with Gasteiger partial charge in [-0.25, -0.2) is 14.1 Å². The second-order valence-electron chi connectivity index (χ2n) is 7.05. The molecule has 0 aliphatic carbocycles. The number of thioether (sulfide) groups is 1. The minimum Gasteiger partial charge on any atom is -0.482 e. The summed E-state index contributed by atoms with van der Waals surface area (Å²) in [6, 6.07) is 13.7. The summed E-state index contributed by atoms with van der Waals surface area (Å²) in [7, 11) is 0. The summed E-state index contributed by atoms with van der Waals surface area (Å²) in [6.45, 7) is 1.93. The second-order valence-corrected chi connectivity index (χ2v) is 8.93. The summed E-state index contributed by atoms with van der Waals surface area (Å²) < 4.78 is 20.4. The van der Waals surface area contributed by atoms with Crippen molar-refractivity contribution in [3.05, 3.63) is 81.8 Å². The fourth-order valence-corrected chi connectivity index (χ4v) is 4.55. The molecule has 0 aliphatic rings. The Morgan fingerprint density at radius 1 is 1.21 bits per heavy atom. The summed E-state index contributed by atoms with van der Waals surface area (Å²) in [6.07, 6.45) is 0.203. The van der Waals surface area contributed by atoms with Gasteiger partial charge in [0.2, 0.25) is 11.1 Å². The standard InChI is InChI=1S/C22H21FN6O2S2/c1-14-6-2-4-8-17(14)26-20(30)10-21-25-15(12-32-21)13-33-22-28-27-19(29(22)24)11-31-18-9-5-3-7-16(18)23/h2-9,12H,10-11,13,24H2,1H3,(H,26,30). The number of carbonyl (C=O) groups is 1. The number of nitrogens with two attached hydrogens (primary N) is 1. The van der Waals surface area contributed by atoms with Gasteiger partial charge in [0.1, 0.15) is 11.6 Å². The minimum absolute atomic E-state index is 0.0121. The Hall–Kier alpha value is -3.44. The van der Waals surface area contributed by atoms with E-state index in [1.54, 1.807) is 12.1 Å². The van der Waals surface area contributed by atoms with Gasteiger partial charge in [-0.05, 0) is 30.7 Å². The molecule has 0 fully saturated rings. The van der Waals surface area contributed by atoms with Gasteiger partial charge in [-0.1, -0.05) is 42.1 Å². The normalized spacial score (nSPS) is 10.8. The number of carbonyl (C=O) groups excluding carboxylic acids is 1. The van der Waals surface area contributed by atoms with Gasteiger partial charge in [-0.3, -0.25) is 4.79 Å². The summed E-state index contributed by atoms with van der Waals surface area (Å²) in [4.78, 5) is 16.9. The molecular formula is C22H21FN6O2S2. The third-order valence-electron chi connectivity index (χ3n) is 4.61. The van der Waals surface area contributed by atoms with Crippen LogP contribution in [0.5, 0.6) is 5.75 Å². The molecule has 3 N–H and O–H groups in total. The van der Waals surface area contributed by atoms with Crippen LogP contribution in [0.2, 0.25) is 0 Å². The average molecular weight is 485 g/mol. The molecule has 4 aromatic rings. The maximum atomic E-state index is 13.7. The van der Waals surface area contributed by atoms with Crippen molar-refractivity contribution in [3.8, 4) is 5.75 Å². The van der Waals surface area contributed by atoms with Gasteiger partial charge in [0.15, 0.2) is 17.4 Å². The molecule has 2 heterocycles. The van der Waals surface area contributed by atoms with Gasteiger partial charge in [0.05, 0.1) is 12.1 Å². The number of nitrogen functional groups attached to an aromatic ring is 1. The lowest BCUT2D eigenvalue weighted by molar-refractivity contribution is -0.115. The van der Waals surface area contributed by atoms with Gasteiger partial charge < -0.3 is 15.9 Å². The van der Waals surface area contributed by atoms with Crippen LogP contribution >= 0.6 is 23.1 Å². The third kappa shape index (κ3) is 5.88. The lowest BCUT2D eigenvalue weighted by Gasteiger charge is -2.07. The first kappa shape index (κ1) is 22.7. The van der Waals surface area contributed by atoms with Crippen molar-refractivity contribution in [3.63, 3.8) is 0 Å². The number of anilines is 1. The van der Waals surface area contributed by atoms with Crippen LogP contribution in [0.1, 0.15) is 22.1 Å². The van der Waals surface area contributed by atoms with E-state index in [0.717, 1.165) is 22.0 Å². The number of amides is 1. The van der Waals surface area contributed by atoms with E-state index < -0.39 is 5.82 Å². The number of aromatic nitrogens is 4. The zero-order valence-electron chi connectivity index (χ0n) is 17.7. The Morgan fingerprint density at radius 3 is 2.82 bits per heavy atom. The second kappa shape index (κ2) is 10.5. The molecule has 170 valence electrons. The van der Waals surface area contributed by atoms with Crippen molar-refractivity contribution < 1.29 is 13.9 Å². The van der Waals surface area contributed by atoms with Crippen LogP contribution in [0.15, 0.2) is 59.1 Å². The quantitative estimate of drug-likeness (QED) is 0.274. The van der Waals surface area contributed by atoms with Crippen LogP contribution in [-0.2, 0) is 23.6 Å². The first-order chi connectivity index (χ1) is 16.0. The molecule has 4 rings (SSSR count). The smallest absolute Gasteiger partial charge is 0.231 e. The lowest BCUT2D eigenvalue weighted by atomic mass is 10.2. The molecule has 0 aliphatic heterocycles. The van der Waals surface area contributed by atoms with Crippen LogP contribution in [0.25, 0.3) is 0 Å². The average Bonchev–Trinajstić information content (AvgIpc) is 3.39. The molecule has 0 spiro atoms. The van der Waals surface area contributed by atoms with E-state index in [0.29, 0.717) is 16.7 Å². The highest BCUT2D eigenvalue weighted by molar-refractivity contribution is 7.98. The Kier molecular flexibility index (Phi) is 7.20. The fourth-order valence-electron chi connectivity index (χ4n) is 2.89. The zero-order valence-corrected chi connectivity index (χ0v) is 19.3. The summed E-state index contributed by atoms with van der Waals surface area (Å²) in [5.74, 6) is 6.49. The number of aryl methyl sites for hydroxylation is 1. The topological polar surface area (TPSA) is 108 Å². The number of hydrogen-bond acceptors (Lipinski definition) is 8. The van der Waals surface area contributed by atoms with Crippen LogP contribution in [0, 0.1) is 12.7 Å². The van der Waals surface area contributed by atoms with E-state index in [4.69, 9.17) is 10.6 Å². The van der Waals surface area contributed by atoms with Crippen molar-refractivity contribution in [2.45, 2.75) is 30.9 Å². The van der Waals surface area contributed by atoms with E-state index in [9.17, 15) is 9.18 Å². The first-order valence-electron chi connectivity index (χ1n) is 9.98. The van der Waals surface area contributed by atoms with E-state index in [-0.39, 0.29) is 24.7 Å². The highest BCUT2D eigenvalue weighted by atomic mass is 32.2. The molecule has 33 heavy (non-hydrogen) atoms. The van der Waals surface area contributed by atoms with Crippen molar-refractivity contribution in [1.29, 1.82) is 0 Å². The molecule has 0 saturated heterocycles. The molecule has 0 bridgehead atoms. The number of para-hydroxylation sites is 2. The van der Waals surface area contributed by atoms with Crippen LogP contribution in [0.4, 0.5) is 10.1 Å². The SMILES string of the molecule is Cc1ccccc1NC(=O)Cc1nc(CSc2nnc(COc3ccccc3F)n2N)cs1. The molecule has 11 heteroatoms. The maximum absolute atomic E-state index is 13.7. The summed E-state index contributed by atoms with van der Waals surface area (Å²) in [5.41, 5.74) is 2.62. The third-order valence-corrected chi connectivity index (χ3v) is 6.48. The van der Waals surface area contributed by atoms with Crippen LogP contribution in [0.3, 0.4) is 0 Å². The predicted molar refractivity (Wildman–Crippen MR) is 126 cm³/mol. The number of thiazole rings is 1. The van der Waals surface area contributed by atoms with E-state index in [1.165, 1.54) is 39.9 Å². The number of nitrogens with zero attached hydrogens (tertiary/aromatic N) is 4. The maximum Gasteiger partial charge on any atom is 0.231 e. The molecule has 0 radical (unpaired) electrons. The van der Waals surface area contributed by atoms with Crippen molar-refractivity contribution >= 4 is 34.7 Å². The van der Waals surface area contributed by atoms with Crippen LogP contribution in [-0.4, -0.2) is 25.8 Å². The molecule has 0 atom stereocenters. The number of hydrogen-bond donors (Lipinski definition) is 2. The van der Waals surface area contributed by atoms with Crippen molar-refractivity contribution in [2.75, 3.05) is 11.2 Å². The van der Waals surface area contributed by atoms with Gasteiger partial charge in [0.25, 0.3) is 0 Å². The molecular weight excluding hydrogens is 463 g/mol. The minimum atomic E-state index is -0.456. The van der Waals surface area contributed by atoms with Crippen molar-refractivity contribution in [1.82, 2.24) is 19.9 Å².